The first-order valence-electron chi connectivity index (χ1n) is 6.57. The molecule has 2 rings (SSSR count). The van der Waals surface area contributed by atoms with Gasteiger partial charge in [0.15, 0.2) is 0 Å². The molecule has 92 valence electrons. The Kier molecular flexibility index (Phi) is 3.02. The highest BCUT2D eigenvalue weighted by Crippen LogP contribution is 2.49. The second-order valence-electron chi connectivity index (χ2n) is 6.79. The number of hydrogen-bond acceptors (Lipinski definition) is 2. The van der Waals surface area contributed by atoms with Gasteiger partial charge in [0, 0.05) is 0 Å². The summed E-state index contributed by atoms with van der Waals surface area (Å²) in [6, 6.07) is 0. The highest BCUT2D eigenvalue weighted by atomic mass is 16.5. The molecule has 0 aromatic heterocycles. The highest BCUT2D eigenvalue weighted by molar-refractivity contribution is 5.71. The maximum absolute atomic E-state index is 11.4. The maximum atomic E-state index is 11.4. The predicted octanol–water partition coefficient (Wildman–Crippen LogP) is 3.55. The smallest absolute Gasteiger partial charge is 0.306 e. The molecule has 0 atom stereocenters. The Morgan fingerprint density at radius 2 is 1.81 bits per heavy atom. The van der Waals surface area contributed by atoms with Gasteiger partial charge in [0.1, 0.15) is 0 Å². The van der Waals surface area contributed by atoms with E-state index in [-0.39, 0.29) is 5.97 Å². The van der Waals surface area contributed by atoms with Crippen molar-refractivity contribution in [2.75, 3.05) is 6.61 Å². The van der Waals surface area contributed by atoms with E-state index >= 15 is 0 Å². The van der Waals surface area contributed by atoms with E-state index in [4.69, 9.17) is 4.74 Å². The molecule has 1 spiro atoms. The van der Waals surface area contributed by atoms with E-state index < -0.39 is 0 Å². The van der Waals surface area contributed by atoms with Crippen LogP contribution in [-0.4, -0.2) is 12.6 Å². The maximum Gasteiger partial charge on any atom is 0.306 e. The molecule has 1 aliphatic carbocycles. The Morgan fingerprint density at radius 3 is 2.31 bits per heavy atom. The molecule has 0 unspecified atom stereocenters. The Bertz CT molecular complexity index is 267. The first-order valence-corrected chi connectivity index (χ1v) is 6.57. The van der Waals surface area contributed by atoms with Gasteiger partial charge >= 0.3 is 5.97 Å². The molecule has 2 fully saturated rings. The molecule has 2 aliphatic rings. The molecule has 0 aromatic rings. The van der Waals surface area contributed by atoms with Crippen molar-refractivity contribution >= 4 is 5.97 Å². The molecule has 0 amide bonds. The minimum absolute atomic E-state index is 0.0282. The average Bonchev–Trinajstić information content (AvgIpc) is 2.16. The van der Waals surface area contributed by atoms with Crippen LogP contribution in [0.5, 0.6) is 0 Å². The summed E-state index contributed by atoms with van der Waals surface area (Å²) in [7, 11) is 0. The quantitative estimate of drug-likeness (QED) is 0.588. The fraction of sp³-hybridized carbons (Fsp3) is 0.929. The van der Waals surface area contributed by atoms with Gasteiger partial charge in [0.25, 0.3) is 0 Å². The number of rotatable bonds is 0. The molecule has 1 saturated heterocycles. The van der Waals surface area contributed by atoms with Crippen molar-refractivity contribution in [2.24, 2.45) is 16.7 Å². The number of cyclic esters (lactones) is 1. The second-order valence-corrected chi connectivity index (χ2v) is 6.79. The van der Waals surface area contributed by atoms with Crippen molar-refractivity contribution < 1.29 is 9.53 Å². The third-order valence-corrected chi connectivity index (χ3v) is 4.69. The van der Waals surface area contributed by atoms with Crippen LogP contribution in [0.15, 0.2) is 0 Å². The standard InChI is InChI=1S/C14H24O2/c1-13(2,3)11-4-6-14(7-5-11)8-9-16-12(15)10-14/h11H,4-10H2,1-3H3. The van der Waals surface area contributed by atoms with E-state index in [0.717, 1.165) is 12.3 Å². The molecule has 16 heavy (non-hydrogen) atoms. The third kappa shape index (κ3) is 2.41. The average molecular weight is 224 g/mol. The molecule has 0 radical (unpaired) electrons. The van der Waals surface area contributed by atoms with Crippen LogP contribution in [0.2, 0.25) is 0 Å². The van der Waals surface area contributed by atoms with Crippen LogP contribution in [0.4, 0.5) is 0 Å². The van der Waals surface area contributed by atoms with Crippen molar-refractivity contribution in [3.05, 3.63) is 0 Å². The van der Waals surface area contributed by atoms with E-state index in [1.807, 2.05) is 0 Å². The highest BCUT2D eigenvalue weighted by Gasteiger charge is 2.42. The summed E-state index contributed by atoms with van der Waals surface area (Å²) in [4.78, 5) is 11.4. The van der Waals surface area contributed by atoms with Crippen LogP contribution in [0.1, 0.15) is 59.3 Å². The molecule has 0 N–H and O–H groups in total. The van der Waals surface area contributed by atoms with E-state index in [9.17, 15) is 4.79 Å². The van der Waals surface area contributed by atoms with Gasteiger partial charge < -0.3 is 4.74 Å². The van der Waals surface area contributed by atoms with Crippen LogP contribution in [-0.2, 0) is 9.53 Å². The fourth-order valence-electron chi connectivity index (χ4n) is 3.35. The lowest BCUT2D eigenvalue weighted by Crippen LogP contribution is -2.38. The van der Waals surface area contributed by atoms with Gasteiger partial charge in [-0.1, -0.05) is 20.8 Å². The molecular weight excluding hydrogens is 200 g/mol. The van der Waals surface area contributed by atoms with Crippen LogP contribution in [0, 0.1) is 16.7 Å². The van der Waals surface area contributed by atoms with Crippen molar-refractivity contribution in [2.45, 2.75) is 59.3 Å². The zero-order valence-electron chi connectivity index (χ0n) is 10.8. The lowest BCUT2D eigenvalue weighted by molar-refractivity contribution is -0.155. The molecule has 1 heterocycles. The Labute approximate surface area is 98.7 Å². The summed E-state index contributed by atoms with van der Waals surface area (Å²) in [6.45, 7) is 7.67. The van der Waals surface area contributed by atoms with Crippen LogP contribution in [0.3, 0.4) is 0 Å². The minimum atomic E-state index is 0.0282. The van der Waals surface area contributed by atoms with Crippen molar-refractivity contribution in [1.29, 1.82) is 0 Å². The molecule has 2 heteroatoms. The summed E-state index contributed by atoms with van der Waals surface area (Å²) in [6.07, 6.45) is 6.79. The summed E-state index contributed by atoms with van der Waals surface area (Å²) in [5.41, 5.74) is 0.730. The Balaban J connectivity index is 1.96. The number of ether oxygens (including phenoxy) is 1. The summed E-state index contributed by atoms with van der Waals surface area (Å²) in [5, 5.41) is 0. The van der Waals surface area contributed by atoms with Crippen LogP contribution in [0.25, 0.3) is 0 Å². The van der Waals surface area contributed by atoms with Gasteiger partial charge in [-0.3, -0.25) is 4.79 Å². The minimum Gasteiger partial charge on any atom is -0.466 e. The first kappa shape index (κ1) is 11.9. The normalized spacial score (nSPS) is 36.2. The molecule has 0 aromatic carbocycles. The zero-order valence-corrected chi connectivity index (χ0v) is 10.8. The van der Waals surface area contributed by atoms with E-state index in [2.05, 4.69) is 20.8 Å². The van der Waals surface area contributed by atoms with Gasteiger partial charge in [-0.2, -0.15) is 0 Å². The van der Waals surface area contributed by atoms with Crippen molar-refractivity contribution in [3.63, 3.8) is 0 Å². The zero-order chi connectivity index (χ0) is 11.8. The van der Waals surface area contributed by atoms with Crippen molar-refractivity contribution in [1.82, 2.24) is 0 Å². The van der Waals surface area contributed by atoms with Gasteiger partial charge in [-0.05, 0) is 48.9 Å². The predicted molar refractivity (Wildman–Crippen MR) is 64.0 cm³/mol. The lowest BCUT2D eigenvalue weighted by atomic mass is 9.61. The van der Waals surface area contributed by atoms with Crippen LogP contribution < -0.4 is 0 Å². The molecular formula is C14H24O2. The summed E-state index contributed by atoms with van der Waals surface area (Å²) in [5.74, 6) is 0.858. The van der Waals surface area contributed by atoms with Gasteiger partial charge in [0.2, 0.25) is 0 Å². The monoisotopic (exact) mass is 224 g/mol. The van der Waals surface area contributed by atoms with E-state index in [0.29, 0.717) is 23.9 Å². The van der Waals surface area contributed by atoms with Crippen LogP contribution >= 0.6 is 0 Å². The molecule has 1 saturated carbocycles. The third-order valence-electron chi connectivity index (χ3n) is 4.69. The number of carbonyl (C=O) groups excluding carboxylic acids is 1. The summed E-state index contributed by atoms with van der Waals surface area (Å²) >= 11 is 0. The largest absolute Gasteiger partial charge is 0.466 e. The molecule has 0 bridgehead atoms. The van der Waals surface area contributed by atoms with Gasteiger partial charge in [0.05, 0.1) is 13.0 Å². The first-order chi connectivity index (χ1) is 7.41. The van der Waals surface area contributed by atoms with E-state index in [1.165, 1.54) is 25.7 Å². The SMILES string of the molecule is CC(C)(C)C1CCC2(CCOC(=O)C2)CC1. The lowest BCUT2D eigenvalue weighted by Gasteiger charge is -2.45. The number of carbonyl (C=O) groups is 1. The Morgan fingerprint density at radius 1 is 1.19 bits per heavy atom. The fourth-order valence-corrected chi connectivity index (χ4v) is 3.35. The second kappa shape index (κ2) is 4.05. The Hall–Kier alpha value is -0.530. The van der Waals surface area contributed by atoms with Gasteiger partial charge in [-0.15, -0.1) is 0 Å². The molecule has 1 aliphatic heterocycles. The number of hydrogen-bond donors (Lipinski definition) is 0. The summed E-state index contributed by atoms with van der Waals surface area (Å²) < 4.78 is 5.06. The topological polar surface area (TPSA) is 26.3 Å². The van der Waals surface area contributed by atoms with Gasteiger partial charge in [-0.25, -0.2) is 0 Å². The molecule has 2 nitrogen and oxygen atoms in total. The number of esters is 1. The van der Waals surface area contributed by atoms with E-state index in [1.54, 1.807) is 0 Å². The van der Waals surface area contributed by atoms with Crippen molar-refractivity contribution in [3.8, 4) is 0 Å².